The maximum absolute atomic E-state index is 13.1. The highest BCUT2D eigenvalue weighted by Gasteiger charge is 2.45. The molecule has 1 saturated heterocycles. The number of hydrogen-bond acceptors (Lipinski definition) is 6. The second-order valence-corrected chi connectivity index (χ2v) is 8.05. The number of carbonyl (C=O) groups is 4. The smallest absolute Gasteiger partial charge is 0.262 e. The van der Waals surface area contributed by atoms with Gasteiger partial charge in [0.25, 0.3) is 11.8 Å². The number of benzene rings is 2. The van der Waals surface area contributed by atoms with Crippen LogP contribution in [0.5, 0.6) is 0 Å². The molecule has 5 rings (SSSR count). The summed E-state index contributed by atoms with van der Waals surface area (Å²) >= 11 is 0. The lowest BCUT2D eigenvalue weighted by Gasteiger charge is -2.27. The van der Waals surface area contributed by atoms with Gasteiger partial charge in [-0.25, -0.2) is 0 Å². The minimum Gasteiger partial charge on any atom is -0.311 e. The van der Waals surface area contributed by atoms with E-state index in [9.17, 15) is 19.2 Å². The van der Waals surface area contributed by atoms with Gasteiger partial charge in [0.2, 0.25) is 11.8 Å². The fraction of sp³-hybridized carbons (Fsp3) is 0.304. The topological polar surface area (TPSA) is 108 Å². The van der Waals surface area contributed by atoms with Gasteiger partial charge in [-0.15, -0.1) is 0 Å². The number of hydrogen-bond donors (Lipinski definition) is 3. The van der Waals surface area contributed by atoms with Crippen LogP contribution < -0.4 is 16.0 Å². The van der Waals surface area contributed by atoms with Crippen LogP contribution >= 0.6 is 0 Å². The summed E-state index contributed by atoms with van der Waals surface area (Å²) < 4.78 is 0. The first-order chi connectivity index (χ1) is 15.0. The van der Waals surface area contributed by atoms with Gasteiger partial charge in [0.15, 0.2) is 0 Å². The lowest BCUT2D eigenvalue weighted by Crippen LogP contribution is -2.54. The van der Waals surface area contributed by atoms with E-state index in [-0.39, 0.29) is 24.8 Å². The van der Waals surface area contributed by atoms with Crippen molar-refractivity contribution in [3.05, 3.63) is 70.3 Å². The van der Waals surface area contributed by atoms with Gasteiger partial charge in [0.1, 0.15) is 6.04 Å². The molecule has 2 atom stereocenters. The molecule has 3 aliphatic rings. The van der Waals surface area contributed by atoms with Crippen molar-refractivity contribution < 1.29 is 19.2 Å². The van der Waals surface area contributed by atoms with E-state index in [0.717, 1.165) is 17.0 Å². The van der Waals surface area contributed by atoms with E-state index in [4.69, 9.17) is 0 Å². The van der Waals surface area contributed by atoms with Crippen LogP contribution in [0.25, 0.3) is 0 Å². The Morgan fingerprint density at radius 1 is 1.00 bits per heavy atom. The molecule has 0 saturated carbocycles. The van der Waals surface area contributed by atoms with E-state index in [2.05, 4.69) is 28.1 Å². The van der Waals surface area contributed by atoms with Crippen LogP contribution in [-0.4, -0.2) is 41.1 Å². The molecule has 4 amide bonds. The fourth-order valence-electron chi connectivity index (χ4n) is 4.64. The molecule has 0 aliphatic carbocycles. The third-order valence-electron chi connectivity index (χ3n) is 6.19. The van der Waals surface area contributed by atoms with Gasteiger partial charge in [-0.1, -0.05) is 36.4 Å². The number of fused-ring (bicyclic) bond motifs is 2. The van der Waals surface area contributed by atoms with Crippen molar-refractivity contribution in [2.75, 3.05) is 6.54 Å². The first-order valence-electron chi connectivity index (χ1n) is 10.4. The Morgan fingerprint density at radius 3 is 2.68 bits per heavy atom. The predicted molar refractivity (Wildman–Crippen MR) is 111 cm³/mol. The Bertz CT molecular complexity index is 1110. The Hall–Kier alpha value is -3.36. The number of piperidine rings is 1. The lowest BCUT2D eigenvalue weighted by atomic mass is 10.0. The average molecular weight is 418 g/mol. The Kier molecular flexibility index (Phi) is 4.88. The average Bonchev–Trinajstić information content (AvgIpc) is 3.28. The second kappa shape index (κ2) is 7.72. The van der Waals surface area contributed by atoms with Crippen LogP contribution in [0, 0.1) is 0 Å². The van der Waals surface area contributed by atoms with Gasteiger partial charge >= 0.3 is 0 Å². The molecular formula is C23H22N4O4. The fourth-order valence-corrected chi connectivity index (χ4v) is 4.64. The van der Waals surface area contributed by atoms with E-state index in [1.54, 1.807) is 12.1 Å². The third-order valence-corrected chi connectivity index (χ3v) is 6.19. The molecule has 0 spiro atoms. The SMILES string of the molecule is O=C1CCC(N2C(=O)c3cccc(CNCC4NCc5ccccc54)c3C2=O)C(=O)N1. The normalized spacial score (nSPS) is 22.5. The molecule has 2 aromatic rings. The zero-order valence-electron chi connectivity index (χ0n) is 16.8. The summed E-state index contributed by atoms with van der Waals surface area (Å²) in [5, 5.41) is 9.08. The molecule has 0 bridgehead atoms. The van der Waals surface area contributed by atoms with Gasteiger partial charge in [0.05, 0.1) is 11.1 Å². The molecule has 1 fully saturated rings. The lowest BCUT2D eigenvalue weighted by molar-refractivity contribution is -0.136. The zero-order valence-corrected chi connectivity index (χ0v) is 16.8. The summed E-state index contributed by atoms with van der Waals surface area (Å²) in [5.74, 6) is -1.94. The van der Waals surface area contributed by atoms with Gasteiger partial charge in [-0.3, -0.25) is 29.4 Å². The number of amides is 4. The molecule has 8 heteroatoms. The monoisotopic (exact) mass is 418 g/mol. The van der Waals surface area contributed by atoms with Crippen molar-refractivity contribution in [3.63, 3.8) is 0 Å². The quantitative estimate of drug-likeness (QED) is 0.626. The summed E-state index contributed by atoms with van der Waals surface area (Å²) in [7, 11) is 0. The minimum atomic E-state index is -0.954. The van der Waals surface area contributed by atoms with Crippen LogP contribution in [0.4, 0.5) is 0 Å². The summed E-state index contributed by atoms with van der Waals surface area (Å²) in [5.41, 5.74) is 3.92. The second-order valence-electron chi connectivity index (χ2n) is 8.05. The molecule has 0 radical (unpaired) electrons. The van der Waals surface area contributed by atoms with Crippen LogP contribution in [-0.2, 0) is 22.7 Å². The summed E-state index contributed by atoms with van der Waals surface area (Å²) in [6, 6.07) is 12.7. The van der Waals surface area contributed by atoms with Gasteiger partial charge in [-0.05, 0) is 29.2 Å². The van der Waals surface area contributed by atoms with Crippen molar-refractivity contribution in [3.8, 4) is 0 Å². The Labute approximate surface area is 179 Å². The Balaban J connectivity index is 1.32. The number of carbonyl (C=O) groups excluding carboxylic acids is 4. The number of rotatable bonds is 5. The van der Waals surface area contributed by atoms with E-state index >= 15 is 0 Å². The summed E-state index contributed by atoms with van der Waals surface area (Å²) in [6.45, 7) is 1.93. The highest BCUT2D eigenvalue weighted by molar-refractivity contribution is 6.24. The summed E-state index contributed by atoms with van der Waals surface area (Å²) in [6.07, 6.45) is 0.255. The zero-order chi connectivity index (χ0) is 21.5. The van der Waals surface area contributed by atoms with Gasteiger partial charge in [0, 0.05) is 32.1 Å². The predicted octanol–water partition coefficient (Wildman–Crippen LogP) is 1.02. The highest BCUT2D eigenvalue weighted by atomic mass is 16.2. The van der Waals surface area contributed by atoms with Crippen molar-refractivity contribution >= 4 is 23.6 Å². The molecule has 2 unspecified atom stereocenters. The first-order valence-corrected chi connectivity index (χ1v) is 10.4. The van der Waals surface area contributed by atoms with Crippen LogP contribution in [0.1, 0.15) is 56.3 Å². The molecule has 31 heavy (non-hydrogen) atoms. The van der Waals surface area contributed by atoms with Crippen molar-refractivity contribution in [1.29, 1.82) is 0 Å². The maximum atomic E-state index is 13.1. The third kappa shape index (κ3) is 3.34. The van der Waals surface area contributed by atoms with E-state index in [0.29, 0.717) is 24.2 Å². The largest absolute Gasteiger partial charge is 0.311 e. The number of nitrogens with zero attached hydrogens (tertiary/aromatic N) is 1. The van der Waals surface area contributed by atoms with Crippen molar-refractivity contribution in [1.82, 2.24) is 20.9 Å². The van der Waals surface area contributed by atoms with E-state index in [1.165, 1.54) is 11.1 Å². The van der Waals surface area contributed by atoms with Crippen LogP contribution in [0.15, 0.2) is 42.5 Å². The molecule has 3 aliphatic heterocycles. The molecule has 8 nitrogen and oxygen atoms in total. The van der Waals surface area contributed by atoms with Crippen molar-refractivity contribution in [2.24, 2.45) is 0 Å². The van der Waals surface area contributed by atoms with Gasteiger partial charge in [-0.2, -0.15) is 0 Å². The maximum Gasteiger partial charge on any atom is 0.262 e. The van der Waals surface area contributed by atoms with E-state index in [1.807, 2.05) is 18.2 Å². The van der Waals surface area contributed by atoms with E-state index < -0.39 is 23.8 Å². The van der Waals surface area contributed by atoms with Crippen LogP contribution in [0.2, 0.25) is 0 Å². The Morgan fingerprint density at radius 2 is 1.84 bits per heavy atom. The molecule has 3 heterocycles. The minimum absolute atomic E-state index is 0.105. The number of nitrogens with one attached hydrogen (secondary N) is 3. The molecule has 0 aromatic heterocycles. The first kappa shape index (κ1) is 19.6. The standard InChI is InChI=1S/C23H22N4O4/c28-19-9-8-18(21(29)26-19)27-22(30)16-7-3-5-14(20(16)23(27)31)10-24-12-17-15-6-2-1-4-13(15)11-25-17/h1-7,17-18,24-25H,8-12H2,(H,26,28,29). The molecule has 158 valence electrons. The molecule has 3 N–H and O–H groups in total. The van der Waals surface area contributed by atoms with Gasteiger partial charge < -0.3 is 10.6 Å². The molecular weight excluding hydrogens is 396 g/mol. The molecule has 2 aromatic carbocycles. The number of imide groups is 2. The summed E-state index contributed by atoms with van der Waals surface area (Å²) in [4.78, 5) is 50.7. The van der Waals surface area contributed by atoms with Crippen LogP contribution in [0.3, 0.4) is 0 Å². The highest BCUT2D eigenvalue weighted by Crippen LogP contribution is 2.30. The van der Waals surface area contributed by atoms with Crippen molar-refractivity contribution in [2.45, 2.75) is 38.0 Å².